The molecule has 2 unspecified atom stereocenters. The molecule has 1 amide bonds. The van der Waals surface area contributed by atoms with Crippen LogP contribution in [0.1, 0.15) is 20.3 Å². The number of halogens is 3. The van der Waals surface area contributed by atoms with Crippen molar-refractivity contribution in [2.45, 2.75) is 26.3 Å². The topological polar surface area (TPSA) is 55.1 Å². The smallest absolute Gasteiger partial charge is 0.241 e. The molecule has 0 fully saturated rings. The Labute approximate surface area is 113 Å². The fraction of sp³-hybridized carbons (Fsp3) is 0.417. The third-order valence-electron chi connectivity index (χ3n) is 2.81. The Balaban J connectivity index is 2.89. The van der Waals surface area contributed by atoms with Crippen LogP contribution in [0.2, 0.25) is 0 Å². The van der Waals surface area contributed by atoms with Gasteiger partial charge in [-0.2, -0.15) is 0 Å². The van der Waals surface area contributed by atoms with E-state index in [1.165, 1.54) is 0 Å². The summed E-state index contributed by atoms with van der Waals surface area (Å²) >= 11 is 2.96. The number of nitrogens with one attached hydrogen (secondary N) is 1. The highest BCUT2D eigenvalue weighted by Gasteiger charge is 2.22. The summed E-state index contributed by atoms with van der Waals surface area (Å²) in [5.41, 5.74) is 5.21. The molecule has 0 radical (unpaired) electrons. The van der Waals surface area contributed by atoms with Gasteiger partial charge in [0.1, 0.15) is 5.69 Å². The zero-order valence-electron chi connectivity index (χ0n) is 10.1. The summed E-state index contributed by atoms with van der Waals surface area (Å²) < 4.78 is 27.3. The maximum atomic E-state index is 13.5. The minimum Gasteiger partial charge on any atom is -0.320 e. The van der Waals surface area contributed by atoms with Crippen LogP contribution in [0.25, 0.3) is 0 Å². The standard InChI is InChI=1S/C12H15BrF2N2O/c1-3-6(2)10(16)12(18)17-11-8(14)4-7(13)5-9(11)15/h4-6,10H,3,16H2,1-2H3,(H,17,18). The van der Waals surface area contributed by atoms with Crippen molar-refractivity contribution in [3.05, 3.63) is 28.2 Å². The molecule has 0 heterocycles. The lowest BCUT2D eigenvalue weighted by atomic mass is 9.99. The van der Waals surface area contributed by atoms with E-state index in [1.54, 1.807) is 6.92 Å². The third-order valence-corrected chi connectivity index (χ3v) is 3.27. The fourth-order valence-electron chi connectivity index (χ4n) is 1.38. The van der Waals surface area contributed by atoms with Gasteiger partial charge in [-0.15, -0.1) is 0 Å². The van der Waals surface area contributed by atoms with Crippen LogP contribution in [0.4, 0.5) is 14.5 Å². The first-order chi connectivity index (χ1) is 8.36. The SMILES string of the molecule is CCC(C)C(N)C(=O)Nc1c(F)cc(Br)cc1F. The van der Waals surface area contributed by atoms with Gasteiger partial charge in [0.2, 0.25) is 5.91 Å². The maximum Gasteiger partial charge on any atom is 0.241 e. The van der Waals surface area contributed by atoms with Crippen molar-refractivity contribution in [2.24, 2.45) is 11.7 Å². The van der Waals surface area contributed by atoms with E-state index in [2.05, 4.69) is 21.2 Å². The van der Waals surface area contributed by atoms with Gasteiger partial charge in [-0.05, 0) is 18.1 Å². The predicted octanol–water partition coefficient (Wildman–Crippen LogP) is 3.04. The summed E-state index contributed by atoms with van der Waals surface area (Å²) in [5.74, 6) is -2.34. The van der Waals surface area contributed by atoms with Gasteiger partial charge < -0.3 is 11.1 Å². The average molecular weight is 321 g/mol. The second-order valence-electron chi connectivity index (χ2n) is 4.15. The van der Waals surface area contributed by atoms with Crippen LogP contribution in [0, 0.1) is 17.6 Å². The Hall–Kier alpha value is -1.01. The Morgan fingerprint density at radius 2 is 1.94 bits per heavy atom. The molecule has 100 valence electrons. The van der Waals surface area contributed by atoms with E-state index in [0.29, 0.717) is 6.42 Å². The largest absolute Gasteiger partial charge is 0.320 e. The van der Waals surface area contributed by atoms with Crippen molar-refractivity contribution in [1.82, 2.24) is 0 Å². The second-order valence-corrected chi connectivity index (χ2v) is 5.06. The first-order valence-electron chi connectivity index (χ1n) is 5.57. The van der Waals surface area contributed by atoms with Gasteiger partial charge in [0, 0.05) is 4.47 Å². The van der Waals surface area contributed by atoms with Crippen molar-refractivity contribution >= 4 is 27.5 Å². The number of nitrogens with two attached hydrogens (primary N) is 1. The van der Waals surface area contributed by atoms with E-state index in [1.807, 2.05) is 6.92 Å². The van der Waals surface area contributed by atoms with Crippen molar-refractivity contribution in [3.63, 3.8) is 0 Å². The molecule has 1 rings (SSSR count). The van der Waals surface area contributed by atoms with Crippen LogP contribution in [-0.4, -0.2) is 11.9 Å². The highest BCUT2D eigenvalue weighted by atomic mass is 79.9. The third kappa shape index (κ3) is 3.49. The molecular formula is C12H15BrF2N2O. The van der Waals surface area contributed by atoms with Crippen molar-refractivity contribution in [1.29, 1.82) is 0 Å². The van der Waals surface area contributed by atoms with Crippen LogP contribution < -0.4 is 11.1 Å². The highest BCUT2D eigenvalue weighted by molar-refractivity contribution is 9.10. The molecule has 0 aromatic heterocycles. The van der Waals surface area contributed by atoms with Gasteiger partial charge in [0.15, 0.2) is 11.6 Å². The molecular weight excluding hydrogens is 306 g/mol. The summed E-state index contributed by atoms with van der Waals surface area (Å²) in [6, 6.07) is 1.36. The molecule has 2 atom stereocenters. The first-order valence-corrected chi connectivity index (χ1v) is 6.37. The molecule has 1 aromatic rings. The van der Waals surface area contributed by atoms with Gasteiger partial charge >= 0.3 is 0 Å². The van der Waals surface area contributed by atoms with E-state index in [9.17, 15) is 13.6 Å². The van der Waals surface area contributed by atoms with Crippen molar-refractivity contribution < 1.29 is 13.6 Å². The van der Waals surface area contributed by atoms with Gasteiger partial charge in [0.05, 0.1) is 6.04 Å². The number of amides is 1. The van der Waals surface area contributed by atoms with E-state index >= 15 is 0 Å². The molecule has 1 aromatic carbocycles. The molecule has 0 bridgehead atoms. The number of rotatable bonds is 4. The lowest BCUT2D eigenvalue weighted by Gasteiger charge is -2.18. The number of hydrogen-bond acceptors (Lipinski definition) is 2. The molecule has 0 aliphatic carbocycles. The minimum absolute atomic E-state index is 0.0634. The Morgan fingerprint density at radius 1 is 1.44 bits per heavy atom. The van der Waals surface area contributed by atoms with E-state index in [-0.39, 0.29) is 10.4 Å². The highest BCUT2D eigenvalue weighted by Crippen LogP contribution is 2.24. The average Bonchev–Trinajstić information content (AvgIpc) is 2.31. The molecule has 0 aliphatic rings. The van der Waals surface area contributed by atoms with E-state index in [0.717, 1.165) is 12.1 Å². The summed E-state index contributed by atoms with van der Waals surface area (Å²) in [7, 11) is 0. The van der Waals surface area contributed by atoms with Crippen molar-refractivity contribution in [2.75, 3.05) is 5.32 Å². The Bertz CT molecular complexity index is 431. The molecule has 6 heteroatoms. The summed E-state index contributed by atoms with van der Waals surface area (Å²) in [4.78, 5) is 11.7. The zero-order valence-corrected chi connectivity index (χ0v) is 11.7. The lowest BCUT2D eigenvalue weighted by molar-refractivity contribution is -0.118. The number of benzene rings is 1. The molecule has 0 aliphatic heterocycles. The fourth-order valence-corrected chi connectivity index (χ4v) is 1.78. The molecule has 18 heavy (non-hydrogen) atoms. The Kier molecular flexibility index (Phi) is 5.22. The van der Waals surface area contributed by atoms with Crippen LogP contribution in [0.15, 0.2) is 16.6 Å². The van der Waals surface area contributed by atoms with Crippen molar-refractivity contribution in [3.8, 4) is 0 Å². The summed E-state index contributed by atoms with van der Waals surface area (Å²) in [6.45, 7) is 3.69. The molecule has 0 saturated heterocycles. The molecule has 0 spiro atoms. The van der Waals surface area contributed by atoms with Crippen LogP contribution in [0.3, 0.4) is 0 Å². The quantitative estimate of drug-likeness (QED) is 0.895. The van der Waals surface area contributed by atoms with E-state index in [4.69, 9.17) is 5.73 Å². The number of anilines is 1. The zero-order chi connectivity index (χ0) is 13.9. The van der Waals surface area contributed by atoms with Gasteiger partial charge in [-0.3, -0.25) is 4.79 Å². The van der Waals surface area contributed by atoms with E-state index < -0.39 is 29.3 Å². The molecule has 0 saturated carbocycles. The van der Waals surface area contributed by atoms with Crippen LogP contribution in [-0.2, 0) is 4.79 Å². The second kappa shape index (κ2) is 6.24. The molecule has 3 N–H and O–H groups in total. The monoisotopic (exact) mass is 320 g/mol. The summed E-state index contributed by atoms with van der Waals surface area (Å²) in [6.07, 6.45) is 0.708. The lowest BCUT2D eigenvalue weighted by Crippen LogP contribution is -2.41. The van der Waals surface area contributed by atoms with Gasteiger partial charge in [-0.25, -0.2) is 8.78 Å². The predicted molar refractivity (Wildman–Crippen MR) is 70.1 cm³/mol. The maximum absolute atomic E-state index is 13.5. The molecule has 3 nitrogen and oxygen atoms in total. The number of carbonyl (C=O) groups is 1. The Morgan fingerprint density at radius 3 is 2.39 bits per heavy atom. The van der Waals surface area contributed by atoms with Gasteiger partial charge in [0.25, 0.3) is 0 Å². The number of carbonyl (C=O) groups excluding carboxylic acids is 1. The van der Waals surface area contributed by atoms with Gasteiger partial charge in [-0.1, -0.05) is 36.2 Å². The normalized spacial score (nSPS) is 14.1. The van der Waals surface area contributed by atoms with Crippen LogP contribution >= 0.6 is 15.9 Å². The first kappa shape index (κ1) is 15.0. The summed E-state index contributed by atoms with van der Waals surface area (Å²) in [5, 5.41) is 2.19. The number of hydrogen-bond donors (Lipinski definition) is 2. The minimum atomic E-state index is -0.841. The van der Waals surface area contributed by atoms with Crippen LogP contribution in [0.5, 0.6) is 0 Å².